The number of thiazole rings is 1. The molecule has 1 aliphatic rings. The number of hydrogen-bond acceptors (Lipinski definition) is 6. The van der Waals surface area contributed by atoms with Crippen molar-refractivity contribution in [3.05, 3.63) is 21.7 Å². The number of carbonyl (C=O) groups is 1. The quantitative estimate of drug-likeness (QED) is 0.487. The monoisotopic (exact) mass is 425 g/mol. The van der Waals surface area contributed by atoms with Crippen LogP contribution in [0.25, 0.3) is 6.08 Å². The van der Waals surface area contributed by atoms with Crippen molar-refractivity contribution in [2.45, 2.75) is 96.7 Å². The lowest BCUT2D eigenvalue weighted by atomic mass is 9.90. The molecular formula is C21H35NO4SSi. The largest absolute Gasteiger partial charge is 0.457 e. The van der Waals surface area contributed by atoms with E-state index in [9.17, 15) is 9.90 Å². The first-order valence-electron chi connectivity index (χ1n) is 9.91. The molecule has 158 valence electrons. The second kappa shape index (κ2) is 8.38. The second-order valence-corrected chi connectivity index (χ2v) is 15.4. The molecule has 0 aromatic carbocycles. The van der Waals surface area contributed by atoms with Crippen molar-refractivity contribution in [1.82, 2.24) is 4.98 Å². The van der Waals surface area contributed by atoms with Crippen LogP contribution in [0.15, 0.2) is 11.0 Å². The lowest BCUT2D eigenvalue weighted by Gasteiger charge is -2.41. The molecule has 0 amide bonds. The number of aromatic nitrogens is 1. The summed E-state index contributed by atoms with van der Waals surface area (Å²) in [5, 5.41) is 14.0. The average Bonchev–Trinajstić information content (AvgIpc) is 3.11. The molecule has 0 bridgehead atoms. The first-order chi connectivity index (χ1) is 12.7. The van der Waals surface area contributed by atoms with Crippen molar-refractivity contribution in [2.24, 2.45) is 0 Å². The fourth-order valence-corrected chi connectivity index (χ4v) is 4.95. The van der Waals surface area contributed by atoms with E-state index in [0.717, 1.165) is 16.3 Å². The normalized spacial score (nSPS) is 23.6. The Hall–Kier alpha value is -1.02. The number of ether oxygens (including phenoxy) is 1. The molecule has 7 heteroatoms. The molecule has 0 spiro atoms. The molecular weight excluding hydrogens is 390 g/mol. The van der Waals surface area contributed by atoms with Crippen LogP contribution >= 0.6 is 11.3 Å². The van der Waals surface area contributed by atoms with E-state index in [0.29, 0.717) is 19.3 Å². The number of hydrogen-bond donors (Lipinski definition) is 1. The zero-order valence-corrected chi connectivity index (χ0v) is 20.3. The fraction of sp³-hybridized carbons (Fsp3) is 0.714. The first-order valence-corrected chi connectivity index (χ1v) is 13.7. The van der Waals surface area contributed by atoms with E-state index in [-0.39, 0.29) is 17.1 Å². The predicted octanol–water partition coefficient (Wildman–Crippen LogP) is 5.09. The number of cyclic esters (lactones) is 1. The minimum absolute atomic E-state index is 0.0530. The fourth-order valence-electron chi connectivity index (χ4n) is 3.03. The summed E-state index contributed by atoms with van der Waals surface area (Å²) >= 11 is 1.61. The molecule has 0 saturated carbocycles. The standard InChI is InChI=1S/C21H35NO4SSi/c1-14(11-16-13-27-15(2)22-16)17(26-28(7,8)20(3,4)5)12-18(23)21(6)10-9-19(24)25-21/h11,13,17-18,23H,9-10,12H2,1-8H3/b14-11+/t17-,18+,21+/m0/s1. The Labute approximate surface area is 174 Å². The van der Waals surface area contributed by atoms with Gasteiger partial charge in [0.15, 0.2) is 8.32 Å². The van der Waals surface area contributed by atoms with Gasteiger partial charge in [0, 0.05) is 18.2 Å². The molecule has 0 aliphatic carbocycles. The van der Waals surface area contributed by atoms with Crippen molar-refractivity contribution < 1.29 is 19.1 Å². The maximum Gasteiger partial charge on any atom is 0.306 e. The van der Waals surface area contributed by atoms with Gasteiger partial charge < -0.3 is 14.3 Å². The predicted molar refractivity (Wildman–Crippen MR) is 117 cm³/mol. The molecule has 1 aromatic heterocycles. The van der Waals surface area contributed by atoms with Gasteiger partial charge in [-0.3, -0.25) is 4.79 Å². The zero-order chi connectivity index (χ0) is 21.3. The lowest BCUT2D eigenvalue weighted by molar-refractivity contribution is -0.157. The number of aliphatic hydroxyl groups is 1. The Balaban J connectivity index is 2.27. The maximum absolute atomic E-state index is 11.6. The zero-order valence-electron chi connectivity index (χ0n) is 18.5. The Kier molecular flexibility index (Phi) is 6.96. The molecule has 28 heavy (non-hydrogen) atoms. The number of carbonyl (C=O) groups excluding carboxylic acids is 1. The first kappa shape index (κ1) is 23.3. The third kappa shape index (κ3) is 5.53. The van der Waals surface area contributed by atoms with E-state index in [4.69, 9.17) is 9.16 Å². The van der Waals surface area contributed by atoms with Gasteiger partial charge in [0.2, 0.25) is 0 Å². The maximum atomic E-state index is 11.6. The van der Waals surface area contributed by atoms with Crippen LogP contribution in [-0.4, -0.2) is 42.2 Å². The van der Waals surface area contributed by atoms with E-state index in [1.165, 1.54) is 0 Å². The second-order valence-electron chi connectivity index (χ2n) is 9.58. The average molecular weight is 426 g/mol. The van der Waals surface area contributed by atoms with E-state index >= 15 is 0 Å². The van der Waals surface area contributed by atoms with Crippen LogP contribution in [0, 0.1) is 6.92 Å². The summed E-state index contributed by atoms with van der Waals surface area (Å²) in [4.78, 5) is 16.1. The van der Waals surface area contributed by atoms with E-state index in [2.05, 4.69) is 38.8 Å². The van der Waals surface area contributed by atoms with Gasteiger partial charge in [0.25, 0.3) is 0 Å². The van der Waals surface area contributed by atoms with Gasteiger partial charge in [0.05, 0.1) is 22.9 Å². The van der Waals surface area contributed by atoms with Crippen molar-refractivity contribution in [3.63, 3.8) is 0 Å². The van der Waals surface area contributed by atoms with Gasteiger partial charge in [-0.2, -0.15) is 0 Å². The third-order valence-corrected chi connectivity index (χ3v) is 11.4. The summed E-state index contributed by atoms with van der Waals surface area (Å²) in [5.74, 6) is -0.242. The molecule has 3 atom stereocenters. The summed E-state index contributed by atoms with van der Waals surface area (Å²) in [6.07, 6.45) is 2.28. The van der Waals surface area contributed by atoms with Crippen LogP contribution in [0.1, 0.15) is 64.6 Å². The van der Waals surface area contributed by atoms with Gasteiger partial charge in [-0.15, -0.1) is 11.3 Å². The van der Waals surface area contributed by atoms with Crippen LogP contribution in [0.3, 0.4) is 0 Å². The molecule has 1 aliphatic heterocycles. The number of rotatable bonds is 7. The summed E-state index contributed by atoms with van der Waals surface area (Å²) in [7, 11) is -2.06. The summed E-state index contributed by atoms with van der Waals surface area (Å²) in [6, 6.07) is 0. The summed E-state index contributed by atoms with van der Waals surface area (Å²) in [5.41, 5.74) is 1.10. The Morgan fingerprint density at radius 1 is 1.50 bits per heavy atom. The smallest absolute Gasteiger partial charge is 0.306 e. The molecule has 2 heterocycles. The van der Waals surface area contributed by atoms with Crippen molar-refractivity contribution >= 4 is 31.7 Å². The highest BCUT2D eigenvalue weighted by atomic mass is 32.1. The highest BCUT2D eigenvalue weighted by Crippen LogP contribution is 2.40. The Morgan fingerprint density at radius 2 is 2.14 bits per heavy atom. The van der Waals surface area contributed by atoms with Gasteiger partial charge in [-0.25, -0.2) is 4.98 Å². The third-order valence-electron chi connectivity index (χ3n) is 6.08. The van der Waals surface area contributed by atoms with E-state index in [1.54, 1.807) is 11.3 Å². The Morgan fingerprint density at radius 3 is 2.61 bits per heavy atom. The minimum Gasteiger partial charge on any atom is -0.457 e. The van der Waals surface area contributed by atoms with Crippen LogP contribution in [0.2, 0.25) is 18.1 Å². The highest BCUT2D eigenvalue weighted by molar-refractivity contribution is 7.09. The number of esters is 1. The Bertz CT molecular complexity index is 737. The van der Waals surface area contributed by atoms with Gasteiger partial charge >= 0.3 is 5.97 Å². The molecule has 2 rings (SSSR count). The topological polar surface area (TPSA) is 68.7 Å². The molecule has 0 radical (unpaired) electrons. The van der Waals surface area contributed by atoms with Crippen LogP contribution < -0.4 is 0 Å². The van der Waals surface area contributed by atoms with Crippen LogP contribution in [-0.2, 0) is 14.0 Å². The van der Waals surface area contributed by atoms with Crippen molar-refractivity contribution in [2.75, 3.05) is 0 Å². The lowest BCUT2D eigenvalue weighted by Crippen LogP contribution is -2.47. The molecule has 1 N–H and O–H groups in total. The van der Waals surface area contributed by atoms with Crippen molar-refractivity contribution in [1.29, 1.82) is 0 Å². The van der Waals surface area contributed by atoms with Gasteiger partial charge in [-0.1, -0.05) is 20.8 Å². The summed E-state index contributed by atoms with van der Waals surface area (Å²) in [6.45, 7) is 16.9. The molecule has 1 saturated heterocycles. The van der Waals surface area contributed by atoms with Crippen LogP contribution in [0.4, 0.5) is 0 Å². The van der Waals surface area contributed by atoms with Crippen LogP contribution in [0.5, 0.6) is 0 Å². The summed E-state index contributed by atoms with van der Waals surface area (Å²) < 4.78 is 12.1. The number of aliphatic hydroxyl groups excluding tert-OH is 1. The SMILES string of the molecule is C/C(=C\c1csc(C)n1)[C@H](C[C@@H](O)[C@@]1(C)CCC(=O)O1)O[Si](C)(C)C(C)(C)C. The van der Waals surface area contributed by atoms with E-state index in [1.807, 2.05) is 32.2 Å². The molecule has 0 unspecified atom stereocenters. The highest BCUT2D eigenvalue weighted by Gasteiger charge is 2.45. The van der Waals surface area contributed by atoms with Crippen molar-refractivity contribution in [3.8, 4) is 0 Å². The molecule has 1 aromatic rings. The number of nitrogens with zero attached hydrogens (tertiary/aromatic N) is 1. The number of aryl methyl sites for hydroxylation is 1. The van der Waals surface area contributed by atoms with E-state index < -0.39 is 20.0 Å². The molecule has 1 fully saturated rings. The van der Waals surface area contributed by atoms with Gasteiger partial charge in [0.1, 0.15) is 5.60 Å². The minimum atomic E-state index is -2.06. The van der Waals surface area contributed by atoms with Gasteiger partial charge in [-0.05, 0) is 57.0 Å². The molecule has 5 nitrogen and oxygen atoms in total.